The second-order valence-electron chi connectivity index (χ2n) is 4.11. The normalized spacial score (nSPS) is 17.3. The van der Waals surface area contributed by atoms with Crippen molar-refractivity contribution in [2.45, 2.75) is 19.9 Å². The predicted molar refractivity (Wildman–Crippen MR) is 86.7 cm³/mol. The van der Waals surface area contributed by atoms with Gasteiger partial charge in [0.25, 0.3) is 0 Å². The Hall–Kier alpha value is -0.820. The molecule has 0 fully saturated rings. The SMILES string of the molecule is CC(C)=NNN1C=NC(c2ccccc2Cl)C1.I. The third-order valence-corrected chi connectivity index (χ3v) is 2.77. The molecule has 0 amide bonds. The average molecular weight is 379 g/mol. The van der Waals surface area contributed by atoms with Gasteiger partial charge in [-0.1, -0.05) is 29.8 Å². The van der Waals surface area contributed by atoms with Crippen LogP contribution in [0, 0.1) is 0 Å². The maximum absolute atomic E-state index is 6.14. The van der Waals surface area contributed by atoms with E-state index in [0.29, 0.717) is 0 Å². The maximum Gasteiger partial charge on any atom is 0.106 e. The summed E-state index contributed by atoms with van der Waals surface area (Å²) in [7, 11) is 0. The van der Waals surface area contributed by atoms with Crippen LogP contribution in [0.1, 0.15) is 25.5 Å². The standard InChI is InChI=1S/C12H15ClN4.HI/c1-9(2)15-16-17-7-12(14-8-17)10-5-3-4-6-11(10)13;/h3-6,8,12,16H,7H2,1-2H3;1H. The topological polar surface area (TPSA) is 40.0 Å². The molecule has 1 N–H and O–H groups in total. The van der Waals surface area contributed by atoms with E-state index >= 15 is 0 Å². The average Bonchev–Trinajstić information content (AvgIpc) is 2.75. The fourth-order valence-electron chi connectivity index (χ4n) is 1.60. The van der Waals surface area contributed by atoms with Gasteiger partial charge in [0.1, 0.15) is 6.34 Å². The van der Waals surface area contributed by atoms with Crippen molar-refractivity contribution in [3.63, 3.8) is 0 Å². The van der Waals surface area contributed by atoms with Gasteiger partial charge in [-0.25, -0.2) is 5.53 Å². The molecule has 2 rings (SSSR count). The minimum Gasteiger partial charge on any atom is -0.264 e. The molecule has 1 heterocycles. The van der Waals surface area contributed by atoms with Gasteiger partial charge in [0.05, 0.1) is 12.6 Å². The van der Waals surface area contributed by atoms with Crippen LogP contribution >= 0.6 is 35.6 Å². The van der Waals surface area contributed by atoms with Crippen LogP contribution in [0.5, 0.6) is 0 Å². The third-order valence-electron chi connectivity index (χ3n) is 2.42. The molecule has 1 atom stereocenters. The summed E-state index contributed by atoms with van der Waals surface area (Å²) in [5.41, 5.74) is 4.95. The van der Waals surface area contributed by atoms with E-state index in [1.54, 1.807) is 6.34 Å². The van der Waals surface area contributed by atoms with Gasteiger partial charge in [-0.2, -0.15) is 5.10 Å². The molecule has 4 nitrogen and oxygen atoms in total. The highest BCUT2D eigenvalue weighted by Crippen LogP contribution is 2.27. The number of hydrogen-bond donors (Lipinski definition) is 1. The number of halogens is 2. The molecular formula is C12H16ClIN4. The number of benzene rings is 1. The van der Waals surface area contributed by atoms with E-state index in [2.05, 4.69) is 15.6 Å². The third kappa shape index (κ3) is 3.84. The minimum atomic E-state index is 0. The molecule has 6 heteroatoms. The van der Waals surface area contributed by atoms with Gasteiger partial charge in [0.2, 0.25) is 0 Å². The molecule has 18 heavy (non-hydrogen) atoms. The molecule has 98 valence electrons. The summed E-state index contributed by atoms with van der Waals surface area (Å²) in [6, 6.07) is 7.86. The van der Waals surface area contributed by atoms with Gasteiger partial charge in [-0.3, -0.25) is 10.0 Å². The summed E-state index contributed by atoms with van der Waals surface area (Å²) in [4.78, 5) is 4.41. The molecule has 0 spiro atoms. The van der Waals surface area contributed by atoms with Crippen LogP contribution in [0.2, 0.25) is 5.02 Å². The molecule has 0 radical (unpaired) electrons. The summed E-state index contributed by atoms with van der Waals surface area (Å²) in [6.45, 7) is 4.61. The molecule has 1 aliphatic rings. The smallest absolute Gasteiger partial charge is 0.106 e. The van der Waals surface area contributed by atoms with Gasteiger partial charge < -0.3 is 0 Å². The first kappa shape index (κ1) is 15.2. The lowest BCUT2D eigenvalue weighted by Crippen LogP contribution is -2.32. The number of aliphatic imine (C=N–C) groups is 1. The van der Waals surface area contributed by atoms with Gasteiger partial charge in [0.15, 0.2) is 0 Å². The highest BCUT2D eigenvalue weighted by Gasteiger charge is 2.20. The van der Waals surface area contributed by atoms with Crippen LogP contribution in [0.4, 0.5) is 0 Å². The van der Waals surface area contributed by atoms with Gasteiger partial charge in [-0.05, 0) is 25.5 Å². The lowest BCUT2D eigenvalue weighted by atomic mass is 10.1. The number of hydrazine groups is 1. The monoisotopic (exact) mass is 378 g/mol. The molecule has 1 aromatic carbocycles. The number of nitrogens with zero attached hydrogens (tertiary/aromatic N) is 3. The molecule has 0 saturated carbocycles. The van der Waals surface area contributed by atoms with Crippen molar-refractivity contribution in [2.75, 3.05) is 6.54 Å². The maximum atomic E-state index is 6.14. The quantitative estimate of drug-likeness (QED) is 0.498. The van der Waals surface area contributed by atoms with Crippen molar-refractivity contribution in [1.82, 2.24) is 10.5 Å². The van der Waals surface area contributed by atoms with E-state index in [4.69, 9.17) is 11.6 Å². The lowest BCUT2D eigenvalue weighted by molar-refractivity contribution is 0.333. The highest BCUT2D eigenvalue weighted by molar-refractivity contribution is 14.0. The van der Waals surface area contributed by atoms with Crippen molar-refractivity contribution >= 4 is 47.6 Å². The molecule has 1 aromatic rings. The Morgan fingerprint density at radius 2 is 2.17 bits per heavy atom. The lowest BCUT2D eigenvalue weighted by Gasteiger charge is -2.15. The fourth-order valence-corrected chi connectivity index (χ4v) is 1.86. The second kappa shape index (κ2) is 6.94. The zero-order valence-corrected chi connectivity index (χ0v) is 13.4. The van der Waals surface area contributed by atoms with E-state index in [1.807, 2.05) is 43.1 Å². The minimum absolute atomic E-state index is 0. The summed E-state index contributed by atoms with van der Waals surface area (Å²) in [5.74, 6) is 0. The number of hydrogen-bond acceptors (Lipinski definition) is 4. The Balaban J connectivity index is 0.00000162. The first-order valence-corrected chi connectivity index (χ1v) is 5.85. The number of nitrogens with one attached hydrogen (secondary N) is 1. The molecular weight excluding hydrogens is 363 g/mol. The summed E-state index contributed by atoms with van der Waals surface area (Å²) >= 11 is 6.14. The molecule has 0 bridgehead atoms. The van der Waals surface area contributed by atoms with Crippen molar-refractivity contribution in [2.24, 2.45) is 10.1 Å². The molecule has 0 aromatic heterocycles. The van der Waals surface area contributed by atoms with Crippen LogP contribution in [-0.2, 0) is 0 Å². The van der Waals surface area contributed by atoms with Crippen LogP contribution in [0.3, 0.4) is 0 Å². The van der Waals surface area contributed by atoms with Crippen molar-refractivity contribution < 1.29 is 0 Å². The summed E-state index contributed by atoms with van der Waals surface area (Å²) < 4.78 is 0. The number of hydrazone groups is 1. The largest absolute Gasteiger partial charge is 0.264 e. The van der Waals surface area contributed by atoms with Crippen molar-refractivity contribution in [3.05, 3.63) is 34.9 Å². The highest BCUT2D eigenvalue weighted by atomic mass is 127. The van der Waals surface area contributed by atoms with Crippen LogP contribution in [0.15, 0.2) is 34.4 Å². The first-order valence-electron chi connectivity index (χ1n) is 5.47. The number of rotatable bonds is 3. The van der Waals surface area contributed by atoms with Gasteiger partial charge in [0, 0.05) is 10.7 Å². The van der Waals surface area contributed by atoms with E-state index in [-0.39, 0.29) is 30.0 Å². The summed E-state index contributed by atoms with van der Waals surface area (Å²) in [6.07, 6.45) is 1.75. The molecule has 1 aliphatic heterocycles. The second-order valence-corrected chi connectivity index (χ2v) is 4.52. The molecule has 0 aliphatic carbocycles. The van der Waals surface area contributed by atoms with E-state index < -0.39 is 0 Å². The predicted octanol–water partition coefficient (Wildman–Crippen LogP) is 3.24. The van der Waals surface area contributed by atoms with Crippen LogP contribution in [-0.4, -0.2) is 23.6 Å². The van der Waals surface area contributed by atoms with E-state index in [0.717, 1.165) is 22.8 Å². The van der Waals surface area contributed by atoms with Crippen molar-refractivity contribution in [1.29, 1.82) is 0 Å². The summed E-state index contributed by atoms with van der Waals surface area (Å²) in [5, 5.41) is 6.73. The Labute approximate surface area is 129 Å². The fraction of sp³-hybridized carbons (Fsp3) is 0.333. The van der Waals surface area contributed by atoms with E-state index in [1.165, 1.54) is 0 Å². The Morgan fingerprint density at radius 1 is 1.44 bits per heavy atom. The molecule has 1 unspecified atom stereocenters. The zero-order chi connectivity index (χ0) is 12.3. The van der Waals surface area contributed by atoms with E-state index in [9.17, 15) is 0 Å². The first-order chi connectivity index (χ1) is 8.16. The zero-order valence-electron chi connectivity index (χ0n) is 10.3. The van der Waals surface area contributed by atoms with Crippen LogP contribution in [0.25, 0.3) is 0 Å². The van der Waals surface area contributed by atoms with Gasteiger partial charge in [-0.15, -0.1) is 24.0 Å². The van der Waals surface area contributed by atoms with Crippen molar-refractivity contribution in [3.8, 4) is 0 Å². The van der Waals surface area contributed by atoms with Crippen LogP contribution < -0.4 is 5.53 Å². The Morgan fingerprint density at radius 3 is 2.83 bits per heavy atom. The molecule has 0 saturated heterocycles. The van der Waals surface area contributed by atoms with Gasteiger partial charge >= 0.3 is 0 Å². The Kier molecular flexibility index (Phi) is 5.87. The Bertz CT molecular complexity index is 457.